The molecule has 2 atom stereocenters. The number of hydrogen-bond acceptors (Lipinski definition) is 7. The van der Waals surface area contributed by atoms with Gasteiger partial charge in [0.2, 0.25) is 0 Å². The van der Waals surface area contributed by atoms with Gasteiger partial charge in [-0.25, -0.2) is 4.68 Å². The molecule has 0 unspecified atom stereocenters. The van der Waals surface area contributed by atoms with Crippen molar-refractivity contribution in [2.24, 2.45) is 7.05 Å². The van der Waals surface area contributed by atoms with Gasteiger partial charge in [-0.05, 0) is 24.4 Å². The van der Waals surface area contributed by atoms with Crippen LogP contribution in [0.25, 0.3) is 11.4 Å². The molecule has 0 saturated carbocycles. The number of aromatic nitrogens is 3. The van der Waals surface area contributed by atoms with Crippen LogP contribution in [0.2, 0.25) is 0 Å². The van der Waals surface area contributed by atoms with E-state index in [4.69, 9.17) is 21.7 Å². The number of para-hydroxylation sites is 1. The Labute approximate surface area is 156 Å². The van der Waals surface area contributed by atoms with Crippen molar-refractivity contribution < 1.29 is 19.4 Å². The Bertz CT molecular complexity index is 863. The first-order valence-electron chi connectivity index (χ1n) is 8.23. The lowest BCUT2D eigenvalue weighted by Crippen LogP contribution is -2.38. The summed E-state index contributed by atoms with van der Waals surface area (Å²) >= 11 is 5.51. The fourth-order valence-corrected chi connectivity index (χ4v) is 3.42. The maximum atomic E-state index is 12.0. The monoisotopic (exact) mass is 378 g/mol. The number of rotatable bonds is 5. The lowest BCUT2D eigenvalue weighted by molar-refractivity contribution is -0.146. The minimum atomic E-state index is -0.578. The molecule has 1 aromatic heterocycles. The van der Waals surface area contributed by atoms with Crippen LogP contribution in [-0.4, -0.2) is 63.2 Å². The van der Waals surface area contributed by atoms with Gasteiger partial charge in [-0.1, -0.05) is 12.1 Å². The molecule has 140 valence electrons. The Morgan fingerprint density at radius 2 is 2.12 bits per heavy atom. The maximum absolute atomic E-state index is 12.0. The first kappa shape index (κ1) is 18.6. The topological polar surface area (TPSA) is 81.8 Å². The standard InChI is InChI=1S/C17H22N4O4S/c1-19-15(12-6-4-5-7-14(12)24-2)18-21(17(19)26)10-20-9-11(22)8-13(20)16(23)25-3/h4-7,11,13,22H,8-10H2,1-3H3/t11-,13-/m0/s1. The molecule has 2 heterocycles. The van der Waals surface area contributed by atoms with Gasteiger partial charge in [-0.2, -0.15) is 5.10 Å². The highest BCUT2D eigenvalue weighted by Crippen LogP contribution is 2.28. The highest BCUT2D eigenvalue weighted by atomic mass is 32.1. The number of β-amino-alcohol motifs (C(OH)–C–C–N with tert-alkyl or cyclic N) is 1. The summed E-state index contributed by atoms with van der Waals surface area (Å²) in [5, 5.41) is 14.6. The van der Waals surface area contributed by atoms with Crippen LogP contribution >= 0.6 is 12.2 Å². The average Bonchev–Trinajstić information content (AvgIpc) is 3.15. The summed E-state index contributed by atoms with van der Waals surface area (Å²) in [5.41, 5.74) is 0.827. The van der Waals surface area contributed by atoms with Gasteiger partial charge in [0.15, 0.2) is 10.6 Å². The van der Waals surface area contributed by atoms with Crippen molar-refractivity contribution in [1.82, 2.24) is 19.2 Å². The molecule has 0 radical (unpaired) electrons. The Hall–Kier alpha value is -2.23. The van der Waals surface area contributed by atoms with Crippen LogP contribution in [0.5, 0.6) is 5.75 Å². The Morgan fingerprint density at radius 1 is 1.38 bits per heavy atom. The average molecular weight is 378 g/mol. The smallest absolute Gasteiger partial charge is 0.323 e. The van der Waals surface area contributed by atoms with Gasteiger partial charge in [-0.15, -0.1) is 0 Å². The number of aliphatic hydroxyl groups is 1. The fourth-order valence-electron chi connectivity index (χ4n) is 3.23. The van der Waals surface area contributed by atoms with Gasteiger partial charge in [0.1, 0.15) is 11.8 Å². The second kappa shape index (κ2) is 7.56. The van der Waals surface area contributed by atoms with Crippen LogP contribution in [0.15, 0.2) is 24.3 Å². The molecular formula is C17H22N4O4S. The summed E-state index contributed by atoms with van der Waals surface area (Å²) in [7, 11) is 4.79. The molecule has 1 fully saturated rings. The van der Waals surface area contributed by atoms with Crippen molar-refractivity contribution in [2.75, 3.05) is 20.8 Å². The van der Waals surface area contributed by atoms with Crippen molar-refractivity contribution in [3.8, 4) is 17.1 Å². The number of methoxy groups -OCH3 is 2. The summed E-state index contributed by atoms with van der Waals surface area (Å²) in [6.45, 7) is 0.654. The number of ether oxygens (including phenoxy) is 2. The number of carbonyl (C=O) groups excluding carboxylic acids is 1. The van der Waals surface area contributed by atoms with E-state index < -0.39 is 12.1 Å². The molecule has 1 aliphatic rings. The molecular weight excluding hydrogens is 356 g/mol. The number of likely N-dealkylation sites (tertiary alicyclic amines) is 1. The van der Waals surface area contributed by atoms with Crippen molar-refractivity contribution in [2.45, 2.75) is 25.2 Å². The van der Waals surface area contributed by atoms with Crippen molar-refractivity contribution in [1.29, 1.82) is 0 Å². The molecule has 0 amide bonds. The Kier molecular flexibility index (Phi) is 5.40. The molecule has 1 aromatic carbocycles. The van der Waals surface area contributed by atoms with Crippen LogP contribution in [0.1, 0.15) is 6.42 Å². The van der Waals surface area contributed by atoms with E-state index in [1.165, 1.54) is 7.11 Å². The molecule has 0 aliphatic carbocycles. The molecule has 0 bridgehead atoms. The quantitative estimate of drug-likeness (QED) is 0.618. The first-order valence-corrected chi connectivity index (χ1v) is 8.64. The van der Waals surface area contributed by atoms with Crippen LogP contribution in [0.4, 0.5) is 0 Å². The number of benzene rings is 1. The third kappa shape index (κ3) is 3.37. The molecule has 2 aromatic rings. The predicted octanol–water partition coefficient (Wildman–Crippen LogP) is 1.19. The van der Waals surface area contributed by atoms with E-state index in [0.717, 1.165) is 5.56 Å². The molecule has 0 spiro atoms. The molecule has 9 heteroatoms. The van der Waals surface area contributed by atoms with Gasteiger partial charge in [0, 0.05) is 20.0 Å². The lowest BCUT2D eigenvalue weighted by Gasteiger charge is -2.21. The van der Waals surface area contributed by atoms with E-state index in [9.17, 15) is 9.90 Å². The number of carbonyl (C=O) groups is 1. The zero-order valence-electron chi connectivity index (χ0n) is 15.0. The van der Waals surface area contributed by atoms with Gasteiger partial charge >= 0.3 is 5.97 Å². The van der Waals surface area contributed by atoms with Crippen LogP contribution in [0, 0.1) is 4.77 Å². The van der Waals surface area contributed by atoms with E-state index in [1.54, 1.807) is 16.4 Å². The van der Waals surface area contributed by atoms with Gasteiger partial charge in [-0.3, -0.25) is 9.69 Å². The summed E-state index contributed by atoms with van der Waals surface area (Å²) in [6, 6.07) is 7.07. The van der Waals surface area contributed by atoms with E-state index in [1.807, 2.05) is 36.2 Å². The second-order valence-electron chi connectivity index (χ2n) is 6.21. The molecule has 8 nitrogen and oxygen atoms in total. The Morgan fingerprint density at radius 3 is 2.81 bits per heavy atom. The summed E-state index contributed by atoms with van der Waals surface area (Å²) in [4.78, 5) is 13.8. The van der Waals surface area contributed by atoms with E-state index in [-0.39, 0.29) is 5.97 Å². The maximum Gasteiger partial charge on any atom is 0.323 e. The van der Waals surface area contributed by atoms with Crippen LogP contribution < -0.4 is 4.74 Å². The zero-order valence-corrected chi connectivity index (χ0v) is 15.8. The van der Waals surface area contributed by atoms with E-state index >= 15 is 0 Å². The summed E-state index contributed by atoms with van der Waals surface area (Å²) in [6.07, 6.45) is -0.239. The van der Waals surface area contributed by atoms with E-state index in [0.29, 0.717) is 36.0 Å². The predicted molar refractivity (Wildman–Crippen MR) is 97.2 cm³/mol. The Balaban J connectivity index is 1.93. The fraction of sp³-hybridized carbons (Fsp3) is 0.471. The lowest BCUT2D eigenvalue weighted by atomic mass is 10.2. The van der Waals surface area contributed by atoms with Crippen molar-refractivity contribution in [3.05, 3.63) is 29.0 Å². The number of hydrogen-bond donors (Lipinski definition) is 1. The largest absolute Gasteiger partial charge is 0.496 e. The first-order chi connectivity index (χ1) is 12.5. The third-order valence-electron chi connectivity index (χ3n) is 4.56. The second-order valence-corrected chi connectivity index (χ2v) is 6.57. The van der Waals surface area contributed by atoms with Crippen molar-refractivity contribution in [3.63, 3.8) is 0 Å². The molecule has 1 aliphatic heterocycles. The number of esters is 1. The van der Waals surface area contributed by atoms with Crippen LogP contribution in [0.3, 0.4) is 0 Å². The van der Waals surface area contributed by atoms with Gasteiger partial charge in [0.25, 0.3) is 0 Å². The molecule has 3 rings (SSSR count). The zero-order chi connectivity index (χ0) is 18.8. The molecule has 1 saturated heterocycles. The van der Waals surface area contributed by atoms with Crippen LogP contribution in [-0.2, 0) is 23.2 Å². The van der Waals surface area contributed by atoms with Gasteiger partial charge in [0.05, 0.1) is 32.6 Å². The normalized spacial score (nSPS) is 20.3. The SMILES string of the molecule is COC(=O)[C@@H]1C[C@H](O)CN1Cn1nc(-c2ccccc2OC)n(C)c1=S. The number of aliphatic hydroxyl groups excluding tert-OH is 1. The van der Waals surface area contributed by atoms with Gasteiger partial charge < -0.3 is 19.1 Å². The molecule has 26 heavy (non-hydrogen) atoms. The van der Waals surface area contributed by atoms with Crippen molar-refractivity contribution >= 4 is 18.2 Å². The highest BCUT2D eigenvalue weighted by molar-refractivity contribution is 7.71. The third-order valence-corrected chi connectivity index (χ3v) is 5.04. The minimum absolute atomic E-state index is 0.290. The highest BCUT2D eigenvalue weighted by Gasteiger charge is 2.37. The minimum Gasteiger partial charge on any atom is -0.496 e. The van der Waals surface area contributed by atoms with E-state index in [2.05, 4.69) is 5.10 Å². The summed E-state index contributed by atoms with van der Waals surface area (Å²) < 4.78 is 14.2. The molecule has 1 N–H and O–H groups in total. The number of nitrogens with zero attached hydrogens (tertiary/aromatic N) is 4. The summed E-state index contributed by atoms with van der Waals surface area (Å²) in [5.74, 6) is 1.00.